The molecule has 0 N–H and O–H groups in total. The van der Waals surface area contributed by atoms with Crippen LogP contribution in [0.15, 0.2) is 200 Å². The first-order valence-electron chi connectivity index (χ1n) is 19.2. The van der Waals surface area contributed by atoms with Crippen LogP contribution in [0.4, 0.5) is 17.1 Å². The molecule has 10 aromatic rings. The second kappa shape index (κ2) is 12.8. The number of nitrogens with zero attached hydrogens (tertiary/aromatic N) is 3. The molecule has 2 heterocycles. The van der Waals surface area contributed by atoms with Gasteiger partial charge in [-0.1, -0.05) is 109 Å². The minimum Gasteiger partial charge on any atom is -0.311 e. The third-order valence-electron chi connectivity index (χ3n) is 11.3. The SMILES string of the molecule is C1=CC(c2ccc(N(c3ccccc3)c3ccc(-n4c5ccccc5c5cc6c7cc8ccccc8cc7n(-c7ccccc7)c6cc54)cc3)cc2)=CCC1. The van der Waals surface area contributed by atoms with Gasteiger partial charge < -0.3 is 14.0 Å². The molecule has 0 radical (unpaired) electrons. The van der Waals surface area contributed by atoms with Gasteiger partial charge in [0.1, 0.15) is 0 Å². The molecule has 0 saturated carbocycles. The van der Waals surface area contributed by atoms with Gasteiger partial charge in [-0.3, -0.25) is 0 Å². The Morgan fingerprint density at radius 3 is 1.65 bits per heavy atom. The Morgan fingerprint density at radius 1 is 0.382 bits per heavy atom. The molecule has 0 unspecified atom stereocenters. The van der Waals surface area contributed by atoms with E-state index < -0.39 is 0 Å². The van der Waals surface area contributed by atoms with Crippen LogP contribution < -0.4 is 4.90 Å². The Labute approximate surface area is 319 Å². The van der Waals surface area contributed by atoms with E-state index in [2.05, 4.69) is 214 Å². The lowest BCUT2D eigenvalue weighted by Crippen LogP contribution is -2.10. The fourth-order valence-corrected chi connectivity index (χ4v) is 8.70. The summed E-state index contributed by atoms with van der Waals surface area (Å²) >= 11 is 0. The largest absolute Gasteiger partial charge is 0.311 e. The standard InChI is InChI=1S/C52H37N3/c1-4-14-36(15-5-1)37-24-26-42(27-25-37)53(40-18-6-2-7-19-40)43-28-30-44(31-29-43)54-49-23-13-12-22-45(49)47-34-48-46-32-38-16-10-11-17-39(38)33-50(46)55(52(48)35-51(47)54)41-20-8-3-9-21-41/h2-4,6-35H,1,5H2. The summed E-state index contributed by atoms with van der Waals surface area (Å²) in [5.41, 5.74) is 13.0. The molecule has 1 aliphatic carbocycles. The number of fused-ring (bicyclic) bond motifs is 7. The minimum atomic E-state index is 1.10. The van der Waals surface area contributed by atoms with Crippen LogP contribution in [0.5, 0.6) is 0 Å². The molecule has 0 atom stereocenters. The van der Waals surface area contributed by atoms with Crippen LogP contribution in [-0.4, -0.2) is 9.13 Å². The molecule has 0 fully saturated rings. The van der Waals surface area contributed by atoms with E-state index in [0.717, 1.165) is 41.3 Å². The van der Waals surface area contributed by atoms with Crippen LogP contribution in [0, 0.1) is 0 Å². The first-order valence-corrected chi connectivity index (χ1v) is 19.2. The van der Waals surface area contributed by atoms with E-state index in [0.29, 0.717) is 0 Å². The van der Waals surface area contributed by atoms with Crippen LogP contribution in [-0.2, 0) is 0 Å². The summed E-state index contributed by atoms with van der Waals surface area (Å²) in [4.78, 5) is 2.34. The third kappa shape index (κ3) is 5.20. The van der Waals surface area contributed by atoms with Crippen molar-refractivity contribution in [2.75, 3.05) is 4.90 Å². The van der Waals surface area contributed by atoms with Crippen LogP contribution in [0.25, 0.3) is 71.3 Å². The smallest absolute Gasteiger partial charge is 0.0562 e. The summed E-state index contributed by atoms with van der Waals surface area (Å²) in [6.45, 7) is 0. The molecule has 0 aliphatic heterocycles. The van der Waals surface area contributed by atoms with Gasteiger partial charge >= 0.3 is 0 Å². The van der Waals surface area contributed by atoms with Crippen molar-refractivity contribution in [3.8, 4) is 11.4 Å². The highest BCUT2D eigenvalue weighted by atomic mass is 15.1. The second-order valence-electron chi connectivity index (χ2n) is 14.5. The fraction of sp³-hybridized carbons (Fsp3) is 0.0385. The Morgan fingerprint density at radius 2 is 0.927 bits per heavy atom. The number of hydrogen-bond acceptors (Lipinski definition) is 1. The van der Waals surface area contributed by atoms with E-state index in [9.17, 15) is 0 Å². The van der Waals surface area contributed by atoms with Crippen molar-refractivity contribution in [3.63, 3.8) is 0 Å². The van der Waals surface area contributed by atoms with Gasteiger partial charge in [-0.05, 0) is 126 Å². The number of anilines is 3. The molecule has 0 amide bonds. The predicted molar refractivity (Wildman–Crippen MR) is 234 cm³/mol. The Kier molecular flexibility index (Phi) is 7.31. The van der Waals surface area contributed by atoms with E-state index in [1.54, 1.807) is 0 Å². The van der Waals surface area contributed by atoms with Crippen LogP contribution in [0.1, 0.15) is 18.4 Å². The number of allylic oxidation sites excluding steroid dienone is 4. The van der Waals surface area contributed by atoms with Gasteiger partial charge in [0.2, 0.25) is 0 Å². The van der Waals surface area contributed by atoms with E-state index >= 15 is 0 Å². The van der Waals surface area contributed by atoms with Crippen molar-refractivity contribution in [2.24, 2.45) is 0 Å². The maximum Gasteiger partial charge on any atom is 0.0562 e. The quantitative estimate of drug-likeness (QED) is 0.168. The van der Waals surface area contributed by atoms with Crippen LogP contribution in [0.2, 0.25) is 0 Å². The normalized spacial score (nSPS) is 13.0. The van der Waals surface area contributed by atoms with Crippen molar-refractivity contribution in [3.05, 3.63) is 206 Å². The fourth-order valence-electron chi connectivity index (χ4n) is 8.70. The zero-order valence-corrected chi connectivity index (χ0v) is 30.3. The summed E-state index contributed by atoms with van der Waals surface area (Å²) in [6.07, 6.45) is 9.07. The third-order valence-corrected chi connectivity index (χ3v) is 11.3. The number of benzene rings is 8. The maximum atomic E-state index is 2.44. The topological polar surface area (TPSA) is 13.1 Å². The lowest BCUT2D eigenvalue weighted by molar-refractivity contribution is 1.04. The number of hydrogen-bond donors (Lipinski definition) is 0. The molecular weight excluding hydrogens is 667 g/mol. The predicted octanol–water partition coefficient (Wildman–Crippen LogP) is 14.2. The molecule has 2 aromatic heterocycles. The number of aromatic nitrogens is 2. The number of rotatable bonds is 6. The van der Waals surface area contributed by atoms with Crippen LogP contribution in [0.3, 0.4) is 0 Å². The van der Waals surface area contributed by atoms with Gasteiger partial charge in [0.15, 0.2) is 0 Å². The molecule has 1 aliphatic rings. The number of para-hydroxylation sites is 3. The second-order valence-corrected chi connectivity index (χ2v) is 14.5. The molecular formula is C52H37N3. The first kappa shape index (κ1) is 31.4. The summed E-state index contributed by atoms with van der Waals surface area (Å²) in [5.74, 6) is 0. The van der Waals surface area contributed by atoms with E-state index in [-0.39, 0.29) is 0 Å². The summed E-state index contributed by atoms with van der Waals surface area (Å²) in [6, 6.07) is 66.5. The summed E-state index contributed by atoms with van der Waals surface area (Å²) < 4.78 is 4.87. The molecule has 11 rings (SSSR count). The molecule has 55 heavy (non-hydrogen) atoms. The zero-order chi connectivity index (χ0) is 36.3. The van der Waals surface area contributed by atoms with Gasteiger partial charge in [-0.2, -0.15) is 0 Å². The van der Waals surface area contributed by atoms with Crippen molar-refractivity contribution >= 4 is 77.0 Å². The maximum absolute atomic E-state index is 2.44. The van der Waals surface area contributed by atoms with Crippen molar-refractivity contribution < 1.29 is 0 Å². The van der Waals surface area contributed by atoms with E-state index in [1.807, 2.05) is 0 Å². The average Bonchev–Trinajstić information content (AvgIpc) is 3.75. The van der Waals surface area contributed by atoms with Gasteiger partial charge in [-0.15, -0.1) is 0 Å². The summed E-state index contributed by atoms with van der Waals surface area (Å²) in [5, 5.41) is 7.52. The van der Waals surface area contributed by atoms with Crippen LogP contribution >= 0.6 is 0 Å². The lowest BCUT2D eigenvalue weighted by Gasteiger charge is -2.26. The highest BCUT2D eigenvalue weighted by Gasteiger charge is 2.20. The molecule has 8 aromatic carbocycles. The minimum absolute atomic E-state index is 1.10. The van der Waals surface area contributed by atoms with E-state index in [4.69, 9.17) is 0 Å². The molecule has 3 heteroatoms. The van der Waals surface area contributed by atoms with Crippen molar-refractivity contribution in [1.82, 2.24) is 9.13 Å². The molecule has 0 saturated heterocycles. The molecule has 3 nitrogen and oxygen atoms in total. The highest BCUT2D eigenvalue weighted by Crippen LogP contribution is 2.42. The summed E-state index contributed by atoms with van der Waals surface area (Å²) in [7, 11) is 0. The van der Waals surface area contributed by atoms with Gasteiger partial charge in [0.25, 0.3) is 0 Å². The lowest BCUT2D eigenvalue weighted by atomic mass is 9.99. The molecule has 0 bridgehead atoms. The van der Waals surface area contributed by atoms with E-state index in [1.165, 1.54) is 65.5 Å². The van der Waals surface area contributed by atoms with Crippen molar-refractivity contribution in [1.29, 1.82) is 0 Å². The monoisotopic (exact) mass is 703 g/mol. The van der Waals surface area contributed by atoms with Crippen molar-refractivity contribution in [2.45, 2.75) is 12.8 Å². The molecule has 260 valence electrons. The zero-order valence-electron chi connectivity index (χ0n) is 30.3. The Bertz CT molecular complexity index is 3110. The highest BCUT2D eigenvalue weighted by molar-refractivity contribution is 6.20. The Balaban J connectivity index is 1.09. The van der Waals surface area contributed by atoms with Gasteiger partial charge in [0, 0.05) is 50.0 Å². The average molecular weight is 704 g/mol. The Hall–Kier alpha value is -7.10. The van der Waals surface area contributed by atoms with Gasteiger partial charge in [0.05, 0.1) is 22.1 Å². The molecule has 0 spiro atoms. The van der Waals surface area contributed by atoms with Gasteiger partial charge in [-0.25, -0.2) is 0 Å². The first-order chi connectivity index (χ1) is 27.3.